The Hall–Kier alpha value is -0.900. The highest BCUT2D eigenvalue weighted by molar-refractivity contribution is 5.85. The molecular formula is C12H22O4. The summed E-state index contributed by atoms with van der Waals surface area (Å²) in [4.78, 5) is 22.0. The molecule has 0 unspecified atom stereocenters. The zero-order valence-corrected chi connectivity index (χ0v) is 10.3. The van der Waals surface area contributed by atoms with E-state index in [2.05, 4.69) is 16.4 Å². The number of rotatable bonds is 9. The summed E-state index contributed by atoms with van der Waals surface area (Å²) in [7, 11) is 1.39. The fourth-order valence-electron chi connectivity index (χ4n) is 1.37. The number of hydrogen-bond donors (Lipinski definition) is 0. The standard InChI is InChI=1S/C12H22O4/c1-3-4-5-6-7-8-9-11(13)16-12(14)10-15-2/h3-10H2,1-2H3. The Morgan fingerprint density at radius 1 is 0.938 bits per heavy atom. The molecule has 4 heteroatoms. The first-order valence-corrected chi connectivity index (χ1v) is 5.93. The van der Waals surface area contributed by atoms with Crippen LogP contribution in [0.2, 0.25) is 0 Å². The molecule has 0 atom stereocenters. The number of unbranched alkanes of at least 4 members (excludes halogenated alkanes) is 5. The molecule has 0 spiro atoms. The molecule has 4 nitrogen and oxygen atoms in total. The number of methoxy groups -OCH3 is 1. The Labute approximate surface area is 97.3 Å². The Kier molecular flexibility index (Phi) is 10.0. The monoisotopic (exact) mass is 230 g/mol. The highest BCUT2D eigenvalue weighted by Gasteiger charge is 2.09. The molecular weight excluding hydrogens is 208 g/mol. The number of hydrogen-bond acceptors (Lipinski definition) is 4. The van der Waals surface area contributed by atoms with Crippen LogP contribution >= 0.6 is 0 Å². The second kappa shape index (κ2) is 10.6. The van der Waals surface area contributed by atoms with Crippen LogP contribution in [0.3, 0.4) is 0 Å². The lowest BCUT2D eigenvalue weighted by Crippen LogP contribution is -2.16. The van der Waals surface area contributed by atoms with Crippen molar-refractivity contribution in [1.29, 1.82) is 0 Å². The van der Waals surface area contributed by atoms with Crippen LogP contribution in [0.25, 0.3) is 0 Å². The van der Waals surface area contributed by atoms with Crippen molar-refractivity contribution in [1.82, 2.24) is 0 Å². The molecule has 0 heterocycles. The first-order chi connectivity index (χ1) is 7.70. The molecule has 0 aliphatic heterocycles. The molecule has 0 saturated carbocycles. The van der Waals surface area contributed by atoms with Gasteiger partial charge >= 0.3 is 11.9 Å². The summed E-state index contributed by atoms with van der Waals surface area (Å²) in [6.07, 6.45) is 6.96. The molecule has 0 bridgehead atoms. The molecule has 0 fully saturated rings. The van der Waals surface area contributed by atoms with E-state index in [-0.39, 0.29) is 6.61 Å². The summed E-state index contributed by atoms with van der Waals surface area (Å²) in [6.45, 7) is 2.00. The van der Waals surface area contributed by atoms with Crippen LogP contribution in [0.5, 0.6) is 0 Å². The van der Waals surface area contributed by atoms with Crippen LogP contribution in [-0.2, 0) is 19.1 Å². The molecule has 0 aromatic carbocycles. The van der Waals surface area contributed by atoms with Crippen LogP contribution in [0, 0.1) is 0 Å². The second-order valence-electron chi connectivity index (χ2n) is 3.80. The molecule has 0 aliphatic carbocycles. The van der Waals surface area contributed by atoms with Crippen molar-refractivity contribution in [3.05, 3.63) is 0 Å². The van der Waals surface area contributed by atoms with Crippen molar-refractivity contribution in [3.63, 3.8) is 0 Å². The smallest absolute Gasteiger partial charge is 0.339 e. The van der Waals surface area contributed by atoms with Crippen LogP contribution in [0.4, 0.5) is 0 Å². The zero-order chi connectivity index (χ0) is 12.2. The topological polar surface area (TPSA) is 52.6 Å². The number of carbonyl (C=O) groups is 2. The average molecular weight is 230 g/mol. The molecule has 0 aromatic heterocycles. The molecule has 0 radical (unpaired) electrons. The van der Waals surface area contributed by atoms with Gasteiger partial charge in [0.15, 0.2) is 0 Å². The van der Waals surface area contributed by atoms with Crippen LogP contribution in [0.1, 0.15) is 51.9 Å². The van der Waals surface area contributed by atoms with E-state index in [1.807, 2.05) is 0 Å². The summed E-state index contributed by atoms with van der Waals surface area (Å²) < 4.78 is 9.06. The minimum Gasteiger partial charge on any atom is -0.391 e. The summed E-state index contributed by atoms with van der Waals surface area (Å²) in [5.74, 6) is -1.06. The number of carbonyl (C=O) groups excluding carboxylic acids is 2. The SMILES string of the molecule is CCCCCCCCC(=O)OC(=O)COC. The van der Waals surface area contributed by atoms with Gasteiger partial charge in [-0.25, -0.2) is 4.79 Å². The zero-order valence-electron chi connectivity index (χ0n) is 10.3. The normalized spacial score (nSPS) is 10.1. The minimum atomic E-state index is -0.613. The average Bonchev–Trinajstić information content (AvgIpc) is 2.23. The van der Waals surface area contributed by atoms with E-state index in [0.29, 0.717) is 6.42 Å². The Balaban J connectivity index is 3.33. The van der Waals surface area contributed by atoms with Gasteiger partial charge in [-0.05, 0) is 6.42 Å². The van der Waals surface area contributed by atoms with E-state index >= 15 is 0 Å². The van der Waals surface area contributed by atoms with Crippen LogP contribution in [-0.4, -0.2) is 25.7 Å². The van der Waals surface area contributed by atoms with Gasteiger partial charge < -0.3 is 9.47 Å². The van der Waals surface area contributed by atoms with E-state index in [9.17, 15) is 9.59 Å². The van der Waals surface area contributed by atoms with Gasteiger partial charge in [-0.15, -0.1) is 0 Å². The Bertz CT molecular complexity index is 201. The molecule has 0 amide bonds. The van der Waals surface area contributed by atoms with E-state index in [4.69, 9.17) is 0 Å². The largest absolute Gasteiger partial charge is 0.391 e. The van der Waals surface area contributed by atoms with Gasteiger partial charge in [-0.3, -0.25) is 4.79 Å². The second-order valence-corrected chi connectivity index (χ2v) is 3.80. The van der Waals surface area contributed by atoms with Crippen molar-refractivity contribution < 1.29 is 19.1 Å². The fraction of sp³-hybridized carbons (Fsp3) is 0.833. The van der Waals surface area contributed by atoms with Crippen molar-refractivity contribution >= 4 is 11.9 Å². The number of esters is 2. The maximum Gasteiger partial charge on any atom is 0.339 e. The minimum absolute atomic E-state index is 0.164. The highest BCUT2D eigenvalue weighted by atomic mass is 16.6. The van der Waals surface area contributed by atoms with Crippen LogP contribution < -0.4 is 0 Å². The third kappa shape index (κ3) is 9.65. The molecule has 0 N–H and O–H groups in total. The Morgan fingerprint density at radius 3 is 2.19 bits per heavy atom. The van der Waals surface area contributed by atoms with Gasteiger partial charge in [-0.1, -0.05) is 39.0 Å². The summed E-state index contributed by atoms with van der Waals surface area (Å²) in [5.41, 5.74) is 0. The first kappa shape index (κ1) is 15.1. The van der Waals surface area contributed by atoms with Gasteiger partial charge in [0, 0.05) is 13.5 Å². The van der Waals surface area contributed by atoms with E-state index in [1.165, 1.54) is 26.4 Å². The van der Waals surface area contributed by atoms with Gasteiger partial charge in [0.25, 0.3) is 0 Å². The molecule has 0 aliphatic rings. The van der Waals surface area contributed by atoms with Gasteiger partial charge in [0.05, 0.1) is 0 Å². The fourth-order valence-corrected chi connectivity index (χ4v) is 1.37. The summed E-state index contributed by atoms with van der Waals surface area (Å²) in [5, 5.41) is 0. The van der Waals surface area contributed by atoms with Gasteiger partial charge in [-0.2, -0.15) is 0 Å². The number of ether oxygens (including phenoxy) is 2. The predicted molar refractivity (Wildman–Crippen MR) is 61.0 cm³/mol. The van der Waals surface area contributed by atoms with Crippen molar-refractivity contribution in [2.75, 3.05) is 13.7 Å². The molecule has 16 heavy (non-hydrogen) atoms. The molecule has 94 valence electrons. The maximum atomic E-state index is 11.1. The third-order valence-electron chi connectivity index (χ3n) is 2.22. The lowest BCUT2D eigenvalue weighted by atomic mass is 10.1. The lowest BCUT2D eigenvalue weighted by Gasteiger charge is -2.02. The maximum absolute atomic E-state index is 11.1. The van der Waals surface area contributed by atoms with Gasteiger partial charge in [0.2, 0.25) is 0 Å². The molecule has 0 aromatic rings. The summed E-state index contributed by atoms with van der Waals surface area (Å²) >= 11 is 0. The Morgan fingerprint density at radius 2 is 1.56 bits per heavy atom. The quantitative estimate of drug-likeness (QED) is 0.347. The lowest BCUT2D eigenvalue weighted by molar-refractivity contribution is -0.162. The summed E-state index contributed by atoms with van der Waals surface area (Å²) in [6, 6.07) is 0. The third-order valence-corrected chi connectivity index (χ3v) is 2.22. The highest BCUT2D eigenvalue weighted by Crippen LogP contribution is 2.07. The van der Waals surface area contributed by atoms with Crippen molar-refractivity contribution in [2.45, 2.75) is 51.9 Å². The van der Waals surface area contributed by atoms with E-state index in [0.717, 1.165) is 19.3 Å². The first-order valence-electron chi connectivity index (χ1n) is 5.93. The van der Waals surface area contributed by atoms with E-state index in [1.54, 1.807) is 0 Å². The molecule has 0 saturated heterocycles. The predicted octanol–water partition coefficient (Wildman–Crippen LogP) is 2.45. The molecule has 0 rings (SSSR count). The van der Waals surface area contributed by atoms with Crippen molar-refractivity contribution in [2.24, 2.45) is 0 Å². The van der Waals surface area contributed by atoms with Crippen molar-refractivity contribution in [3.8, 4) is 0 Å². The van der Waals surface area contributed by atoms with E-state index < -0.39 is 11.9 Å². The van der Waals surface area contributed by atoms with Gasteiger partial charge in [0.1, 0.15) is 6.61 Å². The van der Waals surface area contributed by atoms with Crippen LogP contribution in [0.15, 0.2) is 0 Å².